The molecule has 2 fully saturated rings. The zero-order valence-electron chi connectivity index (χ0n) is 16.0. The molecule has 0 bridgehead atoms. The largest absolute Gasteiger partial charge is 0.376 e. The third-order valence-corrected chi connectivity index (χ3v) is 5.12. The molecule has 1 aromatic carbocycles. The molecule has 0 aromatic heterocycles. The SMILES string of the molecule is CCNC(=NCc1ccccc1)N1CCC(OCC2CCCCO2)CC1. The van der Waals surface area contributed by atoms with Gasteiger partial charge in [0.15, 0.2) is 5.96 Å². The highest BCUT2D eigenvalue weighted by molar-refractivity contribution is 5.80. The molecule has 144 valence electrons. The first kappa shape index (κ1) is 19.2. The normalized spacial score (nSPS) is 22.4. The zero-order chi connectivity index (χ0) is 18.0. The van der Waals surface area contributed by atoms with E-state index in [1.807, 2.05) is 6.07 Å². The third-order valence-electron chi connectivity index (χ3n) is 5.12. The number of benzene rings is 1. The van der Waals surface area contributed by atoms with E-state index in [9.17, 15) is 0 Å². The summed E-state index contributed by atoms with van der Waals surface area (Å²) in [5, 5.41) is 3.44. The van der Waals surface area contributed by atoms with E-state index in [0.717, 1.165) is 64.6 Å². The minimum Gasteiger partial charge on any atom is -0.376 e. The second-order valence-corrected chi connectivity index (χ2v) is 7.16. The van der Waals surface area contributed by atoms with Crippen LogP contribution in [-0.4, -0.2) is 55.9 Å². The van der Waals surface area contributed by atoms with E-state index in [1.54, 1.807) is 0 Å². The number of ether oxygens (including phenoxy) is 2. The van der Waals surface area contributed by atoms with Gasteiger partial charge in [0.1, 0.15) is 0 Å². The van der Waals surface area contributed by atoms with Crippen molar-refractivity contribution in [2.75, 3.05) is 32.8 Å². The second-order valence-electron chi connectivity index (χ2n) is 7.16. The fourth-order valence-electron chi connectivity index (χ4n) is 3.59. The lowest BCUT2D eigenvalue weighted by Gasteiger charge is -2.35. The van der Waals surface area contributed by atoms with Gasteiger partial charge in [-0.1, -0.05) is 30.3 Å². The minimum atomic E-state index is 0.312. The first-order valence-corrected chi connectivity index (χ1v) is 10.2. The number of guanidine groups is 1. The van der Waals surface area contributed by atoms with E-state index in [2.05, 4.69) is 41.4 Å². The molecule has 0 saturated carbocycles. The summed E-state index contributed by atoms with van der Waals surface area (Å²) in [5.41, 5.74) is 1.24. The molecule has 3 rings (SSSR count). The van der Waals surface area contributed by atoms with Crippen LogP contribution in [0.5, 0.6) is 0 Å². The van der Waals surface area contributed by atoms with Crippen LogP contribution in [0.3, 0.4) is 0 Å². The number of nitrogens with one attached hydrogen (secondary N) is 1. The second kappa shape index (κ2) is 10.5. The zero-order valence-corrected chi connectivity index (χ0v) is 16.0. The van der Waals surface area contributed by atoms with Gasteiger partial charge >= 0.3 is 0 Å². The molecule has 1 aromatic rings. The standard InChI is InChI=1S/C21H33N3O2/c1-2-22-21(23-16-18-8-4-3-5-9-18)24-13-11-19(12-14-24)26-17-20-10-6-7-15-25-20/h3-5,8-9,19-20H,2,6-7,10-17H2,1H3,(H,22,23). The first-order chi connectivity index (χ1) is 12.8. The van der Waals surface area contributed by atoms with Crippen LogP contribution in [0.1, 0.15) is 44.6 Å². The maximum atomic E-state index is 6.13. The van der Waals surface area contributed by atoms with Crippen LogP contribution in [0.2, 0.25) is 0 Å². The van der Waals surface area contributed by atoms with E-state index in [0.29, 0.717) is 12.2 Å². The minimum absolute atomic E-state index is 0.312. The van der Waals surface area contributed by atoms with Crippen molar-refractivity contribution in [2.24, 2.45) is 4.99 Å². The first-order valence-electron chi connectivity index (χ1n) is 10.2. The predicted octanol–water partition coefficient (Wildman–Crippen LogP) is 3.20. The van der Waals surface area contributed by atoms with Gasteiger partial charge in [0.05, 0.1) is 25.4 Å². The molecule has 2 saturated heterocycles. The Morgan fingerprint density at radius 3 is 2.69 bits per heavy atom. The lowest BCUT2D eigenvalue weighted by Crippen LogP contribution is -2.47. The van der Waals surface area contributed by atoms with Crippen molar-refractivity contribution in [3.8, 4) is 0 Å². The number of hydrogen-bond donors (Lipinski definition) is 1. The Morgan fingerprint density at radius 2 is 2.00 bits per heavy atom. The lowest BCUT2D eigenvalue weighted by atomic mass is 10.1. The van der Waals surface area contributed by atoms with Crippen molar-refractivity contribution < 1.29 is 9.47 Å². The van der Waals surface area contributed by atoms with Crippen molar-refractivity contribution in [2.45, 2.75) is 57.8 Å². The van der Waals surface area contributed by atoms with Crippen LogP contribution in [0, 0.1) is 0 Å². The fraction of sp³-hybridized carbons (Fsp3) is 0.667. The van der Waals surface area contributed by atoms with Gasteiger partial charge in [0.25, 0.3) is 0 Å². The summed E-state index contributed by atoms with van der Waals surface area (Å²) in [6.45, 7) is 7.39. The monoisotopic (exact) mass is 359 g/mol. The fourth-order valence-corrected chi connectivity index (χ4v) is 3.59. The summed E-state index contributed by atoms with van der Waals surface area (Å²) < 4.78 is 11.9. The summed E-state index contributed by atoms with van der Waals surface area (Å²) in [5.74, 6) is 1.02. The Morgan fingerprint density at radius 1 is 1.19 bits per heavy atom. The third kappa shape index (κ3) is 5.99. The molecule has 5 nitrogen and oxygen atoms in total. The van der Waals surface area contributed by atoms with Crippen molar-refractivity contribution in [1.82, 2.24) is 10.2 Å². The van der Waals surface area contributed by atoms with Gasteiger partial charge in [-0.15, -0.1) is 0 Å². The Balaban J connectivity index is 1.44. The molecule has 0 amide bonds. The molecular weight excluding hydrogens is 326 g/mol. The molecule has 1 atom stereocenters. The maximum Gasteiger partial charge on any atom is 0.194 e. The van der Waals surface area contributed by atoms with Crippen LogP contribution < -0.4 is 5.32 Å². The molecular formula is C21H33N3O2. The number of piperidine rings is 1. The molecule has 5 heteroatoms. The van der Waals surface area contributed by atoms with Crippen LogP contribution in [0.4, 0.5) is 0 Å². The van der Waals surface area contributed by atoms with Crippen molar-refractivity contribution in [3.05, 3.63) is 35.9 Å². The molecule has 2 aliphatic heterocycles. The maximum absolute atomic E-state index is 6.13. The molecule has 26 heavy (non-hydrogen) atoms. The van der Waals surface area contributed by atoms with Gasteiger partial charge in [-0.25, -0.2) is 4.99 Å². The van der Waals surface area contributed by atoms with Gasteiger partial charge < -0.3 is 19.7 Å². The summed E-state index contributed by atoms with van der Waals surface area (Å²) in [6, 6.07) is 10.4. The summed E-state index contributed by atoms with van der Waals surface area (Å²) in [4.78, 5) is 7.19. The highest BCUT2D eigenvalue weighted by Crippen LogP contribution is 2.18. The van der Waals surface area contributed by atoms with Crippen LogP contribution >= 0.6 is 0 Å². The number of hydrogen-bond acceptors (Lipinski definition) is 3. The molecule has 0 aliphatic carbocycles. The molecule has 1 N–H and O–H groups in total. The Bertz CT molecular complexity index is 535. The van der Waals surface area contributed by atoms with E-state index in [4.69, 9.17) is 14.5 Å². The summed E-state index contributed by atoms with van der Waals surface area (Å²) in [6.07, 6.45) is 6.40. The van der Waals surface area contributed by atoms with Gasteiger partial charge in [-0.05, 0) is 44.6 Å². The van der Waals surface area contributed by atoms with Crippen molar-refractivity contribution >= 4 is 5.96 Å². The average molecular weight is 360 g/mol. The quantitative estimate of drug-likeness (QED) is 0.626. The summed E-state index contributed by atoms with van der Waals surface area (Å²) in [7, 11) is 0. The van der Waals surface area contributed by atoms with E-state index in [1.165, 1.54) is 18.4 Å². The topological polar surface area (TPSA) is 46.1 Å². The number of aliphatic imine (C=N–C) groups is 1. The van der Waals surface area contributed by atoms with E-state index in [-0.39, 0.29) is 0 Å². The molecule has 2 aliphatic rings. The van der Waals surface area contributed by atoms with Gasteiger partial charge in [0, 0.05) is 26.2 Å². The molecule has 2 heterocycles. The van der Waals surface area contributed by atoms with Crippen LogP contribution in [-0.2, 0) is 16.0 Å². The van der Waals surface area contributed by atoms with Crippen molar-refractivity contribution in [1.29, 1.82) is 0 Å². The van der Waals surface area contributed by atoms with Gasteiger partial charge in [-0.3, -0.25) is 0 Å². The van der Waals surface area contributed by atoms with Gasteiger partial charge in [0.2, 0.25) is 0 Å². The van der Waals surface area contributed by atoms with E-state index < -0.39 is 0 Å². The Kier molecular flexibility index (Phi) is 7.77. The average Bonchev–Trinajstić information content (AvgIpc) is 2.71. The summed E-state index contributed by atoms with van der Waals surface area (Å²) >= 11 is 0. The Labute approximate surface area is 157 Å². The number of likely N-dealkylation sites (tertiary alicyclic amines) is 1. The smallest absolute Gasteiger partial charge is 0.194 e. The molecule has 0 radical (unpaired) electrons. The molecule has 1 unspecified atom stereocenters. The van der Waals surface area contributed by atoms with Gasteiger partial charge in [-0.2, -0.15) is 0 Å². The van der Waals surface area contributed by atoms with Crippen LogP contribution in [0.15, 0.2) is 35.3 Å². The predicted molar refractivity (Wildman–Crippen MR) is 105 cm³/mol. The van der Waals surface area contributed by atoms with Crippen LogP contribution in [0.25, 0.3) is 0 Å². The highest BCUT2D eigenvalue weighted by atomic mass is 16.5. The number of rotatable bonds is 6. The van der Waals surface area contributed by atoms with E-state index >= 15 is 0 Å². The highest BCUT2D eigenvalue weighted by Gasteiger charge is 2.23. The Hall–Kier alpha value is -1.59. The number of nitrogens with zero attached hydrogens (tertiary/aromatic N) is 2. The van der Waals surface area contributed by atoms with Crippen molar-refractivity contribution in [3.63, 3.8) is 0 Å². The molecule has 0 spiro atoms. The lowest BCUT2D eigenvalue weighted by molar-refractivity contribution is -0.0721.